The number of nitrogens with zero attached hydrogens (tertiary/aromatic N) is 1. The first-order valence-corrected chi connectivity index (χ1v) is 9.09. The number of hydrogen-bond acceptors (Lipinski definition) is 4. The molecular formula is C16H20N2O3S. The van der Waals surface area contributed by atoms with Crippen LogP contribution >= 0.6 is 0 Å². The zero-order valence-corrected chi connectivity index (χ0v) is 13.3. The van der Waals surface area contributed by atoms with E-state index in [-0.39, 0.29) is 29.0 Å². The molecule has 4 unspecified atom stereocenters. The van der Waals surface area contributed by atoms with Crippen LogP contribution in [0.1, 0.15) is 30.4 Å². The second-order valence-electron chi connectivity index (χ2n) is 6.39. The van der Waals surface area contributed by atoms with Crippen LogP contribution in [0.5, 0.6) is 0 Å². The fourth-order valence-electron chi connectivity index (χ4n) is 4.11. The summed E-state index contributed by atoms with van der Waals surface area (Å²) in [5, 5.41) is 18.8. The third kappa shape index (κ3) is 2.43. The molecule has 0 heterocycles. The lowest BCUT2D eigenvalue weighted by molar-refractivity contribution is 0.153. The lowest BCUT2D eigenvalue weighted by atomic mass is 9.86. The Morgan fingerprint density at radius 1 is 1.36 bits per heavy atom. The first kappa shape index (κ1) is 15.5. The van der Waals surface area contributed by atoms with Crippen molar-refractivity contribution in [3.63, 3.8) is 0 Å². The van der Waals surface area contributed by atoms with Gasteiger partial charge in [-0.1, -0.05) is 12.1 Å². The summed E-state index contributed by atoms with van der Waals surface area (Å²) in [4.78, 5) is 0.0365. The van der Waals surface area contributed by atoms with Gasteiger partial charge in [0.25, 0.3) is 0 Å². The average molecular weight is 320 g/mol. The molecule has 118 valence electrons. The standard InChI is InChI=1S/C16H20N2O3S/c1-10-3-2-4-15(13(10)8-17)22(20,21)18-16-12-6-5-11(7-12)14(16)9-19/h2-4,11-12,14,16,18-19H,5-7,9H2,1H3. The van der Waals surface area contributed by atoms with Crippen molar-refractivity contribution in [3.05, 3.63) is 29.3 Å². The molecule has 0 spiro atoms. The Morgan fingerprint density at radius 3 is 2.77 bits per heavy atom. The highest BCUT2D eigenvalue weighted by molar-refractivity contribution is 7.89. The Morgan fingerprint density at radius 2 is 2.09 bits per heavy atom. The van der Waals surface area contributed by atoms with Crippen molar-refractivity contribution in [1.29, 1.82) is 5.26 Å². The monoisotopic (exact) mass is 320 g/mol. The maximum absolute atomic E-state index is 12.7. The Balaban J connectivity index is 1.92. The smallest absolute Gasteiger partial charge is 0.242 e. The first-order valence-electron chi connectivity index (χ1n) is 7.61. The van der Waals surface area contributed by atoms with Crippen LogP contribution in [0, 0.1) is 36.0 Å². The Kier molecular flexibility index (Phi) is 3.98. The largest absolute Gasteiger partial charge is 0.396 e. The van der Waals surface area contributed by atoms with Crippen LogP contribution in [0.15, 0.2) is 23.1 Å². The van der Waals surface area contributed by atoms with Crippen LogP contribution in [-0.2, 0) is 10.0 Å². The zero-order valence-electron chi connectivity index (χ0n) is 12.5. The van der Waals surface area contributed by atoms with Crippen LogP contribution in [0.25, 0.3) is 0 Å². The number of aryl methyl sites for hydroxylation is 1. The van der Waals surface area contributed by atoms with Gasteiger partial charge in [0.15, 0.2) is 0 Å². The van der Waals surface area contributed by atoms with Gasteiger partial charge in [-0.05, 0) is 49.7 Å². The Bertz CT molecular complexity index is 723. The maximum Gasteiger partial charge on any atom is 0.242 e. The number of nitrogens with one attached hydrogen (secondary N) is 1. The van der Waals surface area contributed by atoms with Crippen molar-refractivity contribution < 1.29 is 13.5 Å². The van der Waals surface area contributed by atoms with Gasteiger partial charge in [0.1, 0.15) is 11.0 Å². The van der Waals surface area contributed by atoms with Gasteiger partial charge in [-0.25, -0.2) is 13.1 Å². The minimum Gasteiger partial charge on any atom is -0.396 e. The number of hydrogen-bond donors (Lipinski definition) is 2. The molecule has 0 amide bonds. The van der Waals surface area contributed by atoms with Crippen molar-refractivity contribution in [3.8, 4) is 6.07 Å². The molecule has 1 aromatic carbocycles. The summed E-state index contributed by atoms with van der Waals surface area (Å²) < 4.78 is 28.2. The second-order valence-corrected chi connectivity index (χ2v) is 8.07. The molecule has 1 aromatic rings. The van der Waals surface area contributed by atoms with Gasteiger partial charge >= 0.3 is 0 Å². The van der Waals surface area contributed by atoms with E-state index in [1.165, 1.54) is 6.07 Å². The number of fused-ring (bicyclic) bond motifs is 2. The topological polar surface area (TPSA) is 90.2 Å². The molecule has 5 nitrogen and oxygen atoms in total. The van der Waals surface area contributed by atoms with Gasteiger partial charge in [-0.15, -0.1) is 0 Å². The number of sulfonamides is 1. The molecule has 2 saturated carbocycles. The van der Waals surface area contributed by atoms with Gasteiger partial charge in [-0.2, -0.15) is 5.26 Å². The zero-order chi connectivity index (χ0) is 15.9. The molecule has 2 fully saturated rings. The summed E-state index contributed by atoms with van der Waals surface area (Å²) in [5.74, 6) is 0.701. The summed E-state index contributed by atoms with van der Waals surface area (Å²) in [6, 6.07) is 6.61. The molecule has 0 aliphatic heterocycles. The SMILES string of the molecule is Cc1cccc(S(=O)(=O)NC2C3CCC(C3)C2CO)c1C#N. The van der Waals surface area contributed by atoms with Crippen molar-refractivity contribution >= 4 is 10.0 Å². The number of rotatable bonds is 4. The normalized spacial score (nSPS) is 30.4. The van der Waals surface area contributed by atoms with Crippen molar-refractivity contribution in [2.24, 2.45) is 17.8 Å². The minimum atomic E-state index is -3.76. The molecule has 0 aromatic heterocycles. The maximum atomic E-state index is 12.7. The highest BCUT2D eigenvalue weighted by atomic mass is 32.2. The van der Waals surface area contributed by atoms with Gasteiger partial charge in [0, 0.05) is 18.6 Å². The van der Waals surface area contributed by atoms with Crippen molar-refractivity contribution in [1.82, 2.24) is 4.72 Å². The van der Waals surface area contributed by atoms with Crippen LogP contribution in [-0.4, -0.2) is 26.2 Å². The third-order valence-electron chi connectivity index (χ3n) is 5.23. The van der Waals surface area contributed by atoms with E-state index in [2.05, 4.69) is 4.72 Å². The van der Waals surface area contributed by atoms with E-state index in [0.29, 0.717) is 17.4 Å². The molecule has 0 saturated heterocycles. The number of aliphatic hydroxyl groups is 1. The van der Waals surface area contributed by atoms with E-state index in [9.17, 15) is 18.8 Å². The van der Waals surface area contributed by atoms with Gasteiger partial charge in [0.05, 0.1) is 5.56 Å². The van der Waals surface area contributed by atoms with E-state index in [1.807, 2.05) is 6.07 Å². The van der Waals surface area contributed by atoms with E-state index < -0.39 is 10.0 Å². The van der Waals surface area contributed by atoms with Crippen molar-refractivity contribution in [2.45, 2.75) is 37.1 Å². The highest BCUT2D eigenvalue weighted by Crippen LogP contribution is 2.48. The fourth-order valence-corrected chi connectivity index (χ4v) is 5.69. The van der Waals surface area contributed by atoms with E-state index in [1.54, 1.807) is 19.1 Å². The second kappa shape index (κ2) is 5.65. The summed E-state index contributed by atoms with van der Waals surface area (Å²) in [7, 11) is -3.76. The lowest BCUT2D eigenvalue weighted by Crippen LogP contribution is -2.45. The third-order valence-corrected chi connectivity index (χ3v) is 6.73. The predicted octanol–water partition coefficient (Wildman–Crippen LogP) is 1.55. The summed E-state index contributed by atoms with van der Waals surface area (Å²) in [6.07, 6.45) is 3.06. The molecule has 2 aliphatic rings. The van der Waals surface area contributed by atoms with E-state index in [4.69, 9.17) is 0 Å². The lowest BCUT2D eigenvalue weighted by Gasteiger charge is -2.30. The minimum absolute atomic E-state index is 0.00722. The average Bonchev–Trinajstić information content (AvgIpc) is 3.07. The summed E-state index contributed by atoms with van der Waals surface area (Å²) in [5.41, 5.74) is 0.843. The van der Waals surface area contributed by atoms with Crippen LogP contribution < -0.4 is 4.72 Å². The predicted molar refractivity (Wildman–Crippen MR) is 81.4 cm³/mol. The number of aliphatic hydroxyl groups excluding tert-OH is 1. The van der Waals surface area contributed by atoms with Gasteiger partial charge in [-0.3, -0.25) is 0 Å². The molecular weight excluding hydrogens is 300 g/mol. The summed E-state index contributed by atoms with van der Waals surface area (Å²) in [6.45, 7) is 1.74. The number of nitriles is 1. The van der Waals surface area contributed by atoms with Crippen LogP contribution in [0.4, 0.5) is 0 Å². The van der Waals surface area contributed by atoms with Crippen LogP contribution in [0.2, 0.25) is 0 Å². The molecule has 3 rings (SSSR count). The molecule has 2 bridgehead atoms. The quantitative estimate of drug-likeness (QED) is 0.881. The molecule has 2 N–H and O–H groups in total. The molecule has 6 heteroatoms. The molecule has 2 aliphatic carbocycles. The van der Waals surface area contributed by atoms with Crippen molar-refractivity contribution in [2.75, 3.05) is 6.61 Å². The molecule has 4 atom stereocenters. The Hall–Kier alpha value is -1.42. The first-order chi connectivity index (χ1) is 10.5. The van der Waals surface area contributed by atoms with E-state index in [0.717, 1.165) is 19.3 Å². The molecule has 22 heavy (non-hydrogen) atoms. The van der Waals surface area contributed by atoms with Gasteiger partial charge in [0.2, 0.25) is 10.0 Å². The number of benzene rings is 1. The Labute approximate surface area is 131 Å². The van der Waals surface area contributed by atoms with E-state index >= 15 is 0 Å². The summed E-state index contributed by atoms with van der Waals surface area (Å²) >= 11 is 0. The van der Waals surface area contributed by atoms with Gasteiger partial charge < -0.3 is 5.11 Å². The fraction of sp³-hybridized carbons (Fsp3) is 0.562. The van der Waals surface area contributed by atoms with Crippen LogP contribution in [0.3, 0.4) is 0 Å². The highest BCUT2D eigenvalue weighted by Gasteiger charge is 2.48. The molecule has 0 radical (unpaired) electrons.